The van der Waals surface area contributed by atoms with Gasteiger partial charge in [0.15, 0.2) is 0 Å². The van der Waals surface area contributed by atoms with Gasteiger partial charge in [-0.2, -0.15) is 0 Å². The lowest BCUT2D eigenvalue weighted by Gasteiger charge is -2.23. The van der Waals surface area contributed by atoms with Crippen molar-refractivity contribution < 1.29 is 13.2 Å². The average Bonchev–Trinajstić information content (AvgIpc) is 2.58. The van der Waals surface area contributed by atoms with Crippen LogP contribution in [0.5, 0.6) is 0 Å². The van der Waals surface area contributed by atoms with Gasteiger partial charge in [-0.1, -0.05) is 42.0 Å². The number of hydrogen-bond donors (Lipinski definition) is 1. The summed E-state index contributed by atoms with van der Waals surface area (Å²) in [6.07, 6.45) is 2.80. The van der Waals surface area contributed by atoms with Gasteiger partial charge < -0.3 is 5.32 Å². The topological polar surface area (TPSA) is 66.5 Å². The number of nitrogens with zero attached hydrogens (tertiary/aromatic N) is 1. The molecule has 5 nitrogen and oxygen atoms in total. The molecule has 6 heteroatoms. The highest BCUT2D eigenvalue weighted by Gasteiger charge is 2.21. The minimum Gasteiger partial charge on any atom is -0.355 e. The lowest BCUT2D eigenvalue weighted by Crippen LogP contribution is -2.41. The molecule has 0 aliphatic rings. The molecule has 0 spiro atoms. The molecule has 0 saturated heterocycles. The van der Waals surface area contributed by atoms with Gasteiger partial charge in [0.05, 0.1) is 11.9 Å². The molecule has 0 saturated carbocycles. The Bertz CT molecular complexity index is 907. The number of anilines is 1. The number of sulfonamides is 1. The van der Waals surface area contributed by atoms with E-state index in [1.807, 2.05) is 19.1 Å². The van der Waals surface area contributed by atoms with Crippen molar-refractivity contribution in [3.05, 3.63) is 64.7 Å². The first kappa shape index (κ1) is 21.0. The molecule has 0 bridgehead atoms. The van der Waals surface area contributed by atoms with Gasteiger partial charge in [-0.25, -0.2) is 8.42 Å². The average molecular weight is 389 g/mol. The summed E-state index contributed by atoms with van der Waals surface area (Å²) < 4.78 is 25.4. The summed E-state index contributed by atoms with van der Waals surface area (Å²) in [6, 6.07) is 13.5. The van der Waals surface area contributed by atoms with Gasteiger partial charge >= 0.3 is 0 Å². The zero-order chi connectivity index (χ0) is 20.0. The van der Waals surface area contributed by atoms with Crippen molar-refractivity contribution >= 4 is 21.6 Å². The van der Waals surface area contributed by atoms with E-state index < -0.39 is 10.0 Å². The molecule has 0 aliphatic carbocycles. The molecular weight excluding hydrogens is 360 g/mol. The van der Waals surface area contributed by atoms with E-state index in [0.717, 1.165) is 29.0 Å². The Kier molecular flexibility index (Phi) is 7.02. The van der Waals surface area contributed by atoms with Crippen LogP contribution in [0.15, 0.2) is 42.5 Å². The third-order valence-electron chi connectivity index (χ3n) is 4.51. The van der Waals surface area contributed by atoms with E-state index >= 15 is 0 Å². The fourth-order valence-electron chi connectivity index (χ4n) is 3.04. The SMILES string of the molecule is Cc1ccc(CCCNC(=O)CN(c2ccccc2C)S(C)(=O)=O)c(C)c1. The van der Waals surface area contributed by atoms with Gasteiger partial charge in [0.1, 0.15) is 6.54 Å². The molecular formula is C21H28N2O3S. The summed E-state index contributed by atoms with van der Waals surface area (Å²) in [5.41, 5.74) is 5.11. The highest BCUT2D eigenvalue weighted by atomic mass is 32.2. The van der Waals surface area contributed by atoms with Gasteiger partial charge in [-0.05, 0) is 56.4 Å². The van der Waals surface area contributed by atoms with Crippen molar-refractivity contribution in [2.45, 2.75) is 33.6 Å². The molecule has 146 valence electrons. The largest absolute Gasteiger partial charge is 0.355 e. The molecule has 2 aromatic rings. The van der Waals surface area contributed by atoms with Crippen LogP contribution in [0.25, 0.3) is 0 Å². The van der Waals surface area contributed by atoms with Gasteiger partial charge in [-0.15, -0.1) is 0 Å². The second-order valence-electron chi connectivity index (χ2n) is 6.94. The number of amides is 1. The lowest BCUT2D eigenvalue weighted by molar-refractivity contribution is -0.119. The van der Waals surface area contributed by atoms with Gasteiger partial charge in [-0.3, -0.25) is 9.10 Å². The number of hydrogen-bond acceptors (Lipinski definition) is 3. The standard InChI is InChI=1S/C21H28N2O3S/c1-16-11-12-19(18(3)14-16)9-7-13-22-21(24)15-23(27(4,25)26)20-10-6-5-8-17(20)2/h5-6,8,10-12,14H,7,9,13,15H2,1-4H3,(H,22,24). The molecule has 0 aliphatic heterocycles. The van der Waals surface area contributed by atoms with Gasteiger partial charge in [0, 0.05) is 6.54 Å². The smallest absolute Gasteiger partial charge is 0.240 e. The van der Waals surface area contributed by atoms with E-state index in [4.69, 9.17) is 0 Å². The third-order valence-corrected chi connectivity index (χ3v) is 5.64. The molecule has 0 fully saturated rings. The van der Waals surface area contributed by atoms with Crippen LogP contribution in [0.4, 0.5) is 5.69 Å². The number of nitrogens with one attached hydrogen (secondary N) is 1. The van der Waals surface area contributed by atoms with Crippen LogP contribution in [0.2, 0.25) is 0 Å². The Hall–Kier alpha value is -2.34. The Labute approximate surface area is 162 Å². The van der Waals surface area contributed by atoms with Crippen LogP contribution < -0.4 is 9.62 Å². The first-order chi connectivity index (χ1) is 12.7. The highest BCUT2D eigenvalue weighted by molar-refractivity contribution is 7.92. The first-order valence-corrected chi connectivity index (χ1v) is 10.9. The van der Waals surface area contributed by atoms with Crippen molar-refractivity contribution in [1.82, 2.24) is 5.32 Å². The first-order valence-electron chi connectivity index (χ1n) is 9.04. The molecule has 0 radical (unpaired) electrons. The number of benzene rings is 2. The number of rotatable bonds is 8. The second-order valence-corrected chi connectivity index (χ2v) is 8.85. The van der Waals surface area contributed by atoms with E-state index in [1.54, 1.807) is 12.1 Å². The van der Waals surface area contributed by atoms with E-state index in [1.165, 1.54) is 16.7 Å². The van der Waals surface area contributed by atoms with Crippen LogP contribution in [0.3, 0.4) is 0 Å². The summed E-state index contributed by atoms with van der Waals surface area (Å²) in [5, 5.41) is 2.83. The number of aryl methyl sites for hydroxylation is 4. The quantitative estimate of drug-likeness (QED) is 0.707. The van der Waals surface area contributed by atoms with Crippen LogP contribution in [-0.4, -0.2) is 33.7 Å². The van der Waals surface area contributed by atoms with E-state index in [-0.39, 0.29) is 12.5 Å². The summed E-state index contributed by atoms with van der Waals surface area (Å²) >= 11 is 0. The maximum atomic E-state index is 12.3. The van der Waals surface area contributed by atoms with E-state index in [9.17, 15) is 13.2 Å². The second kappa shape index (κ2) is 9.04. The zero-order valence-corrected chi connectivity index (χ0v) is 17.3. The van der Waals surface area contributed by atoms with Crippen molar-refractivity contribution in [2.24, 2.45) is 0 Å². The summed E-state index contributed by atoms with van der Waals surface area (Å²) in [5.74, 6) is -0.302. The maximum absolute atomic E-state index is 12.3. The van der Waals surface area contributed by atoms with Gasteiger partial charge in [0.2, 0.25) is 15.9 Å². The molecule has 2 aromatic carbocycles. The Morgan fingerprint density at radius 2 is 1.74 bits per heavy atom. The minimum atomic E-state index is -3.55. The van der Waals surface area contributed by atoms with Crippen molar-refractivity contribution in [2.75, 3.05) is 23.7 Å². The molecule has 1 amide bonds. The van der Waals surface area contributed by atoms with E-state index in [0.29, 0.717) is 12.2 Å². The molecule has 0 unspecified atom stereocenters. The number of carbonyl (C=O) groups excluding carboxylic acids is 1. The summed E-state index contributed by atoms with van der Waals surface area (Å²) in [6.45, 7) is 6.28. The molecule has 27 heavy (non-hydrogen) atoms. The summed E-state index contributed by atoms with van der Waals surface area (Å²) in [7, 11) is -3.55. The Balaban J connectivity index is 1.92. The third kappa shape index (κ3) is 6.10. The molecule has 0 aromatic heterocycles. The van der Waals surface area contributed by atoms with Crippen LogP contribution in [-0.2, 0) is 21.2 Å². The predicted octanol–water partition coefficient (Wildman–Crippen LogP) is 3.13. The van der Waals surface area contributed by atoms with Crippen LogP contribution in [0.1, 0.15) is 28.7 Å². The monoisotopic (exact) mass is 388 g/mol. The summed E-state index contributed by atoms with van der Waals surface area (Å²) in [4.78, 5) is 12.3. The Morgan fingerprint density at radius 3 is 2.37 bits per heavy atom. The molecule has 2 rings (SSSR count). The maximum Gasteiger partial charge on any atom is 0.240 e. The fourth-order valence-corrected chi connectivity index (χ4v) is 3.96. The molecule has 0 heterocycles. The van der Waals surface area contributed by atoms with Crippen molar-refractivity contribution in [1.29, 1.82) is 0 Å². The van der Waals surface area contributed by atoms with Crippen LogP contribution >= 0.6 is 0 Å². The molecule has 1 N–H and O–H groups in total. The molecule has 0 atom stereocenters. The highest BCUT2D eigenvalue weighted by Crippen LogP contribution is 2.21. The minimum absolute atomic E-state index is 0.215. The normalized spacial score (nSPS) is 11.3. The predicted molar refractivity (Wildman–Crippen MR) is 111 cm³/mol. The van der Waals surface area contributed by atoms with Crippen LogP contribution in [0, 0.1) is 20.8 Å². The Morgan fingerprint density at radius 1 is 1.04 bits per heavy atom. The number of carbonyl (C=O) groups is 1. The van der Waals surface area contributed by atoms with Crippen molar-refractivity contribution in [3.8, 4) is 0 Å². The van der Waals surface area contributed by atoms with Gasteiger partial charge in [0.25, 0.3) is 0 Å². The fraction of sp³-hybridized carbons (Fsp3) is 0.381. The van der Waals surface area contributed by atoms with Crippen molar-refractivity contribution in [3.63, 3.8) is 0 Å². The number of para-hydroxylation sites is 1. The van der Waals surface area contributed by atoms with E-state index in [2.05, 4.69) is 37.4 Å². The zero-order valence-electron chi connectivity index (χ0n) is 16.5. The lowest BCUT2D eigenvalue weighted by atomic mass is 10.0.